The molecule has 0 aromatic heterocycles. The molecule has 42 heavy (non-hydrogen) atoms. The molecule has 0 saturated heterocycles. The molecule has 1 atom stereocenters. The van der Waals surface area contributed by atoms with Crippen molar-refractivity contribution in [3.8, 4) is 0 Å². The molecule has 1 unspecified atom stereocenters. The minimum atomic E-state index is -0.467. The van der Waals surface area contributed by atoms with Crippen LogP contribution in [0.2, 0.25) is 5.02 Å². The molecule has 0 aliphatic carbocycles. The molecule has 4 rings (SSSR count). The molecule has 3 N–H and O–H groups in total. The largest absolute Gasteiger partial charge is 0.325 e. The Hall–Kier alpha value is -4.33. The van der Waals surface area contributed by atoms with E-state index in [1.165, 1.54) is 11.8 Å². The Labute approximate surface area is 255 Å². The average molecular weight is 598 g/mol. The van der Waals surface area contributed by atoms with Crippen molar-refractivity contribution < 1.29 is 14.4 Å². The van der Waals surface area contributed by atoms with E-state index in [-0.39, 0.29) is 22.8 Å². The summed E-state index contributed by atoms with van der Waals surface area (Å²) in [5.41, 5.74) is 4.36. The number of thioether (sulfide) groups is 1. The monoisotopic (exact) mass is 597 g/mol. The zero-order valence-electron chi connectivity index (χ0n) is 23.6. The summed E-state index contributed by atoms with van der Waals surface area (Å²) < 4.78 is 0. The predicted octanol–water partition coefficient (Wildman–Crippen LogP) is 7.88. The molecule has 214 valence electrons. The summed E-state index contributed by atoms with van der Waals surface area (Å²) >= 11 is 7.62. The van der Waals surface area contributed by atoms with Gasteiger partial charge in [0.25, 0.3) is 11.8 Å². The Morgan fingerprint density at radius 1 is 0.857 bits per heavy atom. The Balaban J connectivity index is 1.51. The van der Waals surface area contributed by atoms with E-state index in [2.05, 4.69) is 16.0 Å². The van der Waals surface area contributed by atoms with Crippen LogP contribution in [0.25, 0.3) is 6.08 Å². The zero-order chi connectivity index (χ0) is 30.1. The van der Waals surface area contributed by atoms with Gasteiger partial charge in [-0.2, -0.15) is 0 Å². The van der Waals surface area contributed by atoms with Crippen molar-refractivity contribution in [2.24, 2.45) is 0 Å². The van der Waals surface area contributed by atoms with Gasteiger partial charge < -0.3 is 16.0 Å². The van der Waals surface area contributed by atoms with Crippen LogP contribution in [0.5, 0.6) is 0 Å². The summed E-state index contributed by atoms with van der Waals surface area (Å²) in [4.78, 5) is 40.3. The number of rotatable bonds is 10. The van der Waals surface area contributed by atoms with Crippen molar-refractivity contribution >= 4 is 58.5 Å². The third kappa shape index (κ3) is 8.12. The smallest absolute Gasteiger partial charge is 0.272 e. The van der Waals surface area contributed by atoms with Crippen molar-refractivity contribution in [3.63, 3.8) is 0 Å². The Morgan fingerprint density at radius 3 is 2.31 bits per heavy atom. The van der Waals surface area contributed by atoms with Gasteiger partial charge in [0, 0.05) is 26.9 Å². The van der Waals surface area contributed by atoms with Gasteiger partial charge in [0.05, 0.1) is 5.25 Å². The Bertz CT molecular complexity index is 1620. The molecule has 0 fully saturated rings. The molecular formula is C34H32ClN3O3S. The van der Waals surface area contributed by atoms with Crippen LogP contribution in [0.4, 0.5) is 11.4 Å². The highest BCUT2D eigenvalue weighted by Gasteiger charge is 2.20. The van der Waals surface area contributed by atoms with Crippen molar-refractivity contribution in [2.75, 3.05) is 10.6 Å². The summed E-state index contributed by atoms with van der Waals surface area (Å²) in [5, 5.41) is 8.88. The first-order valence-electron chi connectivity index (χ1n) is 13.5. The number of benzene rings is 4. The number of carbonyl (C=O) groups excluding carboxylic acids is 3. The van der Waals surface area contributed by atoms with Crippen LogP contribution < -0.4 is 16.0 Å². The molecule has 0 heterocycles. The molecule has 4 aromatic rings. The maximum atomic E-state index is 13.5. The van der Waals surface area contributed by atoms with Gasteiger partial charge in [-0.3, -0.25) is 14.4 Å². The lowest BCUT2D eigenvalue weighted by molar-refractivity contribution is -0.116. The molecule has 0 saturated carbocycles. The summed E-state index contributed by atoms with van der Waals surface area (Å²) in [6.45, 7) is 5.75. The van der Waals surface area contributed by atoms with Crippen LogP contribution in [-0.2, 0) is 9.59 Å². The van der Waals surface area contributed by atoms with Gasteiger partial charge >= 0.3 is 0 Å². The van der Waals surface area contributed by atoms with E-state index in [9.17, 15) is 14.4 Å². The number of nitrogens with one attached hydrogen (secondary N) is 3. The van der Waals surface area contributed by atoms with E-state index in [4.69, 9.17) is 11.6 Å². The number of halogens is 1. The van der Waals surface area contributed by atoms with E-state index < -0.39 is 5.91 Å². The number of anilines is 2. The normalized spacial score (nSPS) is 11.9. The lowest BCUT2D eigenvalue weighted by Crippen LogP contribution is -2.30. The standard InChI is InChI=1S/C34H32ClN3O3S/c1-4-31(34(41)37-29-19-11-18-28(35)23(29)3)42-27-17-10-16-26(21-27)36-33(40)30(20-25-15-9-8-12-22(25)2)38-32(39)24-13-6-5-7-14-24/h5-21,31H,4H2,1-3H3,(H,36,40)(H,37,41)(H,38,39)/b30-20-. The van der Waals surface area contributed by atoms with Crippen molar-refractivity contribution in [3.05, 3.63) is 130 Å². The van der Waals surface area contributed by atoms with E-state index >= 15 is 0 Å². The van der Waals surface area contributed by atoms with Crippen molar-refractivity contribution in [2.45, 2.75) is 37.3 Å². The molecule has 0 spiro atoms. The molecule has 0 aliphatic heterocycles. The summed E-state index contributed by atoms with van der Waals surface area (Å²) in [6.07, 6.45) is 2.26. The van der Waals surface area contributed by atoms with Crippen molar-refractivity contribution in [1.29, 1.82) is 0 Å². The van der Waals surface area contributed by atoms with E-state index in [1.54, 1.807) is 48.5 Å². The Morgan fingerprint density at radius 2 is 1.57 bits per heavy atom. The fourth-order valence-electron chi connectivity index (χ4n) is 4.13. The second kappa shape index (κ2) is 14.5. The molecule has 4 aromatic carbocycles. The molecule has 3 amide bonds. The third-order valence-electron chi connectivity index (χ3n) is 6.58. The third-order valence-corrected chi connectivity index (χ3v) is 8.34. The summed E-state index contributed by atoms with van der Waals surface area (Å²) in [6, 6.07) is 29.0. The lowest BCUT2D eigenvalue weighted by Gasteiger charge is -2.17. The summed E-state index contributed by atoms with van der Waals surface area (Å²) in [5.74, 6) is -0.984. The molecule has 0 radical (unpaired) electrons. The number of carbonyl (C=O) groups is 3. The first-order chi connectivity index (χ1) is 20.2. The van der Waals surface area contributed by atoms with Gasteiger partial charge in [-0.15, -0.1) is 11.8 Å². The van der Waals surface area contributed by atoms with Crippen molar-refractivity contribution in [1.82, 2.24) is 5.32 Å². The molecule has 0 aliphatic rings. The van der Waals surface area contributed by atoms with Gasteiger partial charge in [0.15, 0.2) is 0 Å². The first kappa shape index (κ1) is 30.6. The zero-order valence-corrected chi connectivity index (χ0v) is 25.2. The van der Waals surface area contributed by atoms with Gasteiger partial charge in [0.2, 0.25) is 5.91 Å². The topological polar surface area (TPSA) is 87.3 Å². The second-order valence-electron chi connectivity index (χ2n) is 9.63. The first-order valence-corrected chi connectivity index (χ1v) is 14.8. The van der Waals surface area contributed by atoms with Crippen LogP contribution in [-0.4, -0.2) is 23.0 Å². The quantitative estimate of drug-likeness (QED) is 0.128. The maximum absolute atomic E-state index is 13.5. The highest BCUT2D eigenvalue weighted by atomic mass is 35.5. The fraction of sp³-hybridized carbons (Fsp3) is 0.147. The Kier molecular flexibility index (Phi) is 10.6. The van der Waals surface area contributed by atoms with E-state index in [0.29, 0.717) is 28.4 Å². The lowest BCUT2D eigenvalue weighted by atomic mass is 10.1. The average Bonchev–Trinajstić information content (AvgIpc) is 2.99. The molecule has 8 heteroatoms. The van der Waals surface area contributed by atoms with E-state index in [0.717, 1.165) is 21.6 Å². The van der Waals surface area contributed by atoms with Crippen LogP contribution in [0.1, 0.15) is 40.4 Å². The number of hydrogen-bond acceptors (Lipinski definition) is 4. The summed E-state index contributed by atoms with van der Waals surface area (Å²) in [7, 11) is 0. The van der Waals surface area contributed by atoms with Crippen LogP contribution >= 0.6 is 23.4 Å². The highest BCUT2D eigenvalue weighted by molar-refractivity contribution is 8.00. The minimum absolute atomic E-state index is 0.110. The molecule has 6 nitrogen and oxygen atoms in total. The minimum Gasteiger partial charge on any atom is -0.325 e. The highest BCUT2D eigenvalue weighted by Crippen LogP contribution is 2.30. The second-order valence-corrected chi connectivity index (χ2v) is 11.3. The van der Waals surface area contributed by atoms with Gasteiger partial charge in [-0.25, -0.2) is 0 Å². The molecular weight excluding hydrogens is 566 g/mol. The van der Waals surface area contributed by atoms with Gasteiger partial charge in [-0.05, 0) is 85.5 Å². The number of amides is 3. The fourth-order valence-corrected chi connectivity index (χ4v) is 5.32. The van der Waals surface area contributed by atoms with Crippen LogP contribution in [0, 0.1) is 13.8 Å². The van der Waals surface area contributed by atoms with Gasteiger partial charge in [-0.1, -0.05) is 73.1 Å². The number of hydrogen-bond donors (Lipinski definition) is 3. The van der Waals surface area contributed by atoms with Gasteiger partial charge in [0.1, 0.15) is 5.70 Å². The predicted molar refractivity (Wildman–Crippen MR) is 173 cm³/mol. The number of aryl methyl sites for hydroxylation is 1. The maximum Gasteiger partial charge on any atom is 0.272 e. The SMILES string of the molecule is CCC(Sc1cccc(NC(=O)/C(=C/c2ccccc2C)NC(=O)c2ccccc2)c1)C(=O)Nc1cccc(Cl)c1C. The molecule has 0 bridgehead atoms. The van der Waals surface area contributed by atoms with Crippen LogP contribution in [0.15, 0.2) is 108 Å². The van der Waals surface area contributed by atoms with Crippen LogP contribution in [0.3, 0.4) is 0 Å². The van der Waals surface area contributed by atoms with E-state index in [1.807, 2.05) is 75.4 Å².